The molecule has 0 amide bonds. The maximum Gasteiger partial charge on any atom is 0.0184 e. The van der Waals surface area contributed by atoms with E-state index in [2.05, 4.69) is 73.1 Å². The number of hydrogen-bond donors (Lipinski definition) is 1. The van der Waals surface area contributed by atoms with E-state index >= 15 is 0 Å². The third-order valence-electron chi connectivity index (χ3n) is 6.06. The minimum atomic E-state index is 0.711. The number of nitrogens with one attached hydrogen (secondary N) is 1. The highest BCUT2D eigenvalue weighted by atomic mass is 32.2. The molecule has 1 aliphatic carbocycles. The SMILES string of the molecule is CC(C)C(C)N(CCCNCCCSCc1ccccc1)C1CCCCC1. The van der Waals surface area contributed by atoms with Crippen LogP contribution in [0.5, 0.6) is 0 Å². The second-order valence-corrected chi connectivity index (χ2v) is 9.61. The van der Waals surface area contributed by atoms with Crippen LogP contribution in [-0.2, 0) is 5.75 Å². The number of thioether (sulfide) groups is 1. The number of nitrogens with zero attached hydrogens (tertiary/aromatic N) is 1. The molecule has 3 heteroatoms. The van der Waals surface area contributed by atoms with E-state index in [4.69, 9.17) is 0 Å². The standard InChI is InChI=1S/C24H42N2S/c1-21(2)22(3)26(24-14-8-5-9-15-24)18-10-16-25-17-11-19-27-20-23-12-6-4-7-13-23/h4,6-7,12-13,21-22,24-25H,5,8-11,14-20H2,1-3H3. The van der Waals surface area contributed by atoms with Gasteiger partial charge in [0.2, 0.25) is 0 Å². The summed E-state index contributed by atoms with van der Waals surface area (Å²) in [4.78, 5) is 2.83. The third kappa shape index (κ3) is 9.02. The zero-order valence-corrected chi connectivity index (χ0v) is 18.8. The second kappa shape index (κ2) is 13.6. The molecule has 1 aromatic carbocycles. The molecule has 0 aliphatic heterocycles. The van der Waals surface area contributed by atoms with E-state index in [1.807, 2.05) is 0 Å². The van der Waals surface area contributed by atoms with Crippen LogP contribution in [0.4, 0.5) is 0 Å². The fourth-order valence-electron chi connectivity index (χ4n) is 4.09. The predicted octanol–water partition coefficient (Wildman–Crippen LogP) is 5.97. The lowest BCUT2D eigenvalue weighted by Gasteiger charge is -2.40. The molecule has 2 nitrogen and oxygen atoms in total. The van der Waals surface area contributed by atoms with Gasteiger partial charge in [0.05, 0.1) is 0 Å². The highest BCUT2D eigenvalue weighted by Crippen LogP contribution is 2.26. The summed E-state index contributed by atoms with van der Waals surface area (Å²) in [5.41, 5.74) is 1.44. The van der Waals surface area contributed by atoms with Gasteiger partial charge < -0.3 is 5.32 Å². The first-order valence-electron chi connectivity index (χ1n) is 11.3. The first kappa shape index (κ1) is 22.8. The molecule has 0 bridgehead atoms. The molecular formula is C24H42N2S. The lowest BCUT2D eigenvalue weighted by molar-refractivity contribution is 0.0862. The van der Waals surface area contributed by atoms with Crippen molar-refractivity contribution in [1.29, 1.82) is 0 Å². The molecule has 0 saturated heterocycles. The smallest absolute Gasteiger partial charge is 0.0184 e. The predicted molar refractivity (Wildman–Crippen MR) is 123 cm³/mol. The lowest BCUT2D eigenvalue weighted by atomic mass is 9.91. The van der Waals surface area contributed by atoms with Crippen LogP contribution in [0.1, 0.15) is 71.3 Å². The van der Waals surface area contributed by atoms with Gasteiger partial charge in [-0.3, -0.25) is 4.90 Å². The molecule has 1 unspecified atom stereocenters. The fraction of sp³-hybridized carbons (Fsp3) is 0.750. The van der Waals surface area contributed by atoms with Gasteiger partial charge >= 0.3 is 0 Å². The van der Waals surface area contributed by atoms with Gasteiger partial charge in [0, 0.05) is 17.8 Å². The van der Waals surface area contributed by atoms with Crippen molar-refractivity contribution in [3.63, 3.8) is 0 Å². The Kier molecular flexibility index (Phi) is 11.5. The maximum atomic E-state index is 3.67. The molecule has 1 fully saturated rings. The topological polar surface area (TPSA) is 15.3 Å². The van der Waals surface area contributed by atoms with E-state index in [0.717, 1.165) is 30.8 Å². The molecule has 1 N–H and O–H groups in total. The Labute approximate surface area is 172 Å². The van der Waals surface area contributed by atoms with Crippen LogP contribution in [0.2, 0.25) is 0 Å². The number of rotatable bonds is 13. The molecule has 0 heterocycles. The molecule has 1 saturated carbocycles. The van der Waals surface area contributed by atoms with Crippen LogP contribution in [0.25, 0.3) is 0 Å². The molecule has 1 aliphatic rings. The summed E-state index contributed by atoms with van der Waals surface area (Å²) >= 11 is 2.05. The van der Waals surface area contributed by atoms with Crippen LogP contribution in [0.15, 0.2) is 30.3 Å². The molecule has 0 spiro atoms. The molecule has 154 valence electrons. The van der Waals surface area contributed by atoms with Crippen molar-refractivity contribution in [2.75, 3.05) is 25.4 Å². The highest BCUT2D eigenvalue weighted by molar-refractivity contribution is 7.98. The van der Waals surface area contributed by atoms with Gasteiger partial charge in [-0.05, 0) is 69.5 Å². The third-order valence-corrected chi connectivity index (χ3v) is 7.17. The van der Waals surface area contributed by atoms with Gasteiger partial charge in [-0.25, -0.2) is 0 Å². The molecule has 0 aromatic heterocycles. The summed E-state index contributed by atoms with van der Waals surface area (Å²) in [6, 6.07) is 12.4. The normalized spacial score (nSPS) is 16.9. The first-order valence-corrected chi connectivity index (χ1v) is 12.4. The first-order chi connectivity index (χ1) is 13.2. The van der Waals surface area contributed by atoms with E-state index in [0.29, 0.717) is 6.04 Å². The minimum absolute atomic E-state index is 0.711. The van der Waals surface area contributed by atoms with Crippen molar-refractivity contribution < 1.29 is 0 Å². The van der Waals surface area contributed by atoms with Gasteiger partial charge in [-0.2, -0.15) is 11.8 Å². The Balaban J connectivity index is 1.54. The number of benzene rings is 1. The zero-order valence-electron chi connectivity index (χ0n) is 18.0. The van der Waals surface area contributed by atoms with Crippen molar-refractivity contribution in [3.05, 3.63) is 35.9 Å². The van der Waals surface area contributed by atoms with Crippen LogP contribution in [0, 0.1) is 5.92 Å². The summed E-state index contributed by atoms with van der Waals surface area (Å²) in [5.74, 6) is 3.15. The minimum Gasteiger partial charge on any atom is -0.317 e. The zero-order chi connectivity index (χ0) is 19.3. The molecule has 27 heavy (non-hydrogen) atoms. The second-order valence-electron chi connectivity index (χ2n) is 8.51. The average Bonchev–Trinajstić information content (AvgIpc) is 2.70. The molecular weight excluding hydrogens is 348 g/mol. The van der Waals surface area contributed by atoms with Crippen LogP contribution >= 0.6 is 11.8 Å². The fourth-order valence-corrected chi connectivity index (χ4v) is 5.01. The van der Waals surface area contributed by atoms with E-state index < -0.39 is 0 Å². The molecule has 1 aromatic rings. The summed E-state index contributed by atoms with van der Waals surface area (Å²) in [7, 11) is 0. The molecule has 1 atom stereocenters. The quantitative estimate of drug-likeness (QED) is 0.418. The summed E-state index contributed by atoms with van der Waals surface area (Å²) < 4.78 is 0. The van der Waals surface area contributed by atoms with Crippen LogP contribution in [-0.4, -0.2) is 42.4 Å². The van der Waals surface area contributed by atoms with Crippen molar-refractivity contribution in [2.45, 2.75) is 83.6 Å². The molecule has 0 radical (unpaired) electrons. The van der Waals surface area contributed by atoms with E-state index in [9.17, 15) is 0 Å². The largest absolute Gasteiger partial charge is 0.317 e. The average molecular weight is 391 g/mol. The number of hydrogen-bond acceptors (Lipinski definition) is 3. The van der Waals surface area contributed by atoms with Crippen LogP contribution in [0.3, 0.4) is 0 Å². The summed E-state index contributed by atoms with van der Waals surface area (Å²) in [5, 5.41) is 3.67. The Morgan fingerprint density at radius 1 is 1.00 bits per heavy atom. The summed E-state index contributed by atoms with van der Waals surface area (Å²) in [6.07, 6.45) is 9.71. The van der Waals surface area contributed by atoms with Crippen molar-refractivity contribution >= 4 is 11.8 Å². The van der Waals surface area contributed by atoms with Gasteiger partial charge in [0.15, 0.2) is 0 Å². The van der Waals surface area contributed by atoms with Gasteiger partial charge in [0.25, 0.3) is 0 Å². The lowest BCUT2D eigenvalue weighted by Crippen LogP contribution is -2.46. The monoisotopic (exact) mass is 390 g/mol. The van der Waals surface area contributed by atoms with E-state index in [1.165, 1.54) is 62.8 Å². The Morgan fingerprint density at radius 3 is 2.41 bits per heavy atom. The van der Waals surface area contributed by atoms with Gasteiger partial charge in [-0.15, -0.1) is 0 Å². The Hall–Kier alpha value is -0.510. The van der Waals surface area contributed by atoms with Crippen molar-refractivity contribution in [2.24, 2.45) is 5.92 Å². The van der Waals surface area contributed by atoms with E-state index in [1.54, 1.807) is 0 Å². The van der Waals surface area contributed by atoms with Crippen molar-refractivity contribution in [1.82, 2.24) is 10.2 Å². The Morgan fingerprint density at radius 2 is 1.70 bits per heavy atom. The highest BCUT2D eigenvalue weighted by Gasteiger charge is 2.26. The van der Waals surface area contributed by atoms with Gasteiger partial charge in [-0.1, -0.05) is 63.4 Å². The van der Waals surface area contributed by atoms with Gasteiger partial charge in [0.1, 0.15) is 0 Å². The Bertz CT molecular complexity index is 471. The van der Waals surface area contributed by atoms with Crippen molar-refractivity contribution in [3.8, 4) is 0 Å². The summed E-state index contributed by atoms with van der Waals surface area (Å²) in [6.45, 7) is 10.8. The van der Waals surface area contributed by atoms with Crippen LogP contribution < -0.4 is 5.32 Å². The maximum absolute atomic E-state index is 3.67. The molecule has 2 rings (SSSR count). The van der Waals surface area contributed by atoms with E-state index in [-0.39, 0.29) is 0 Å².